The predicted octanol–water partition coefficient (Wildman–Crippen LogP) is 3.59. The summed E-state index contributed by atoms with van der Waals surface area (Å²) >= 11 is 0. The second-order valence-electron chi connectivity index (χ2n) is 5.53. The molecule has 102 valence electrons. The number of rotatable bonds is 5. The first kappa shape index (κ1) is 13.5. The molecule has 1 aromatic rings. The standard InChI is InChI=1S/C14H24N2O2/c1-3-4-5-11-6-8-12(9-7-11)14-15-13(10(2)17)16-18-14/h10-12,17H,3-9H2,1-2H3. The third kappa shape index (κ3) is 3.31. The molecule has 2 rings (SSSR count). The number of aliphatic hydroxyl groups is 1. The van der Waals surface area contributed by atoms with Gasteiger partial charge in [0.15, 0.2) is 5.82 Å². The first-order chi connectivity index (χ1) is 8.70. The van der Waals surface area contributed by atoms with Crippen LogP contribution in [0, 0.1) is 5.92 Å². The lowest BCUT2D eigenvalue weighted by Crippen LogP contribution is -2.13. The molecule has 4 heteroatoms. The Bertz CT molecular complexity index is 354. The van der Waals surface area contributed by atoms with Gasteiger partial charge < -0.3 is 9.63 Å². The third-order valence-electron chi connectivity index (χ3n) is 3.99. The monoisotopic (exact) mass is 252 g/mol. The van der Waals surface area contributed by atoms with E-state index in [1.165, 1.54) is 32.1 Å². The molecule has 1 unspecified atom stereocenters. The zero-order chi connectivity index (χ0) is 13.0. The van der Waals surface area contributed by atoms with Crippen molar-refractivity contribution < 1.29 is 9.63 Å². The molecule has 1 N–H and O–H groups in total. The third-order valence-corrected chi connectivity index (χ3v) is 3.99. The van der Waals surface area contributed by atoms with Gasteiger partial charge in [-0.25, -0.2) is 0 Å². The molecule has 1 aliphatic carbocycles. The highest BCUT2D eigenvalue weighted by atomic mass is 16.5. The van der Waals surface area contributed by atoms with Crippen molar-refractivity contribution in [1.82, 2.24) is 10.1 Å². The molecule has 0 radical (unpaired) electrons. The molecule has 1 aromatic heterocycles. The molecule has 0 bridgehead atoms. The first-order valence-electron chi connectivity index (χ1n) is 7.22. The summed E-state index contributed by atoms with van der Waals surface area (Å²) in [6.45, 7) is 3.91. The van der Waals surface area contributed by atoms with Crippen LogP contribution in [0.5, 0.6) is 0 Å². The van der Waals surface area contributed by atoms with Crippen LogP contribution in [-0.2, 0) is 0 Å². The summed E-state index contributed by atoms with van der Waals surface area (Å²) < 4.78 is 5.26. The van der Waals surface area contributed by atoms with Crippen LogP contribution in [0.1, 0.15) is 82.5 Å². The topological polar surface area (TPSA) is 59.2 Å². The lowest BCUT2D eigenvalue weighted by Gasteiger charge is -2.26. The molecule has 1 heterocycles. The Labute approximate surface area is 109 Å². The van der Waals surface area contributed by atoms with Gasteiger partial charge in [0.05, 0.1) is 0 Å². The highest BCUT2D eigenvalue weighted by Gasteiger charge is 2.26. The Balaban J connectivity index is 1.85. The van der Waals surface area contributed by atoms with Gasteiger partial charge in [-0.2, -0.15) is 4.98 Å². The smallest absolute Gasteiger partial charge is 0.229 e. The number of unbranched alkanes of at least 4 members (excludes halogenated alkanes) is 1. The summed E-state index contributed by atoms with van der Waals surface area (Å²) in [5.41, 5.74) is 0. The van der Waals surface area contributed by atoms with Crippen molar-refractivity contribution >= 4 is 0 Å². The maximum atomic E-state index is 9.39. The molecular formula is C14H24N2O2. The van der Waals surface area contributed by atoms with E-state index in [2.05, 4.69) is 17.1 Å². The molecule has 0 amide bonds. The molecule has 18 heavy (non-hydrogen) atoms. The lowest BCUT2D eigenvalue weighted by atomic mass is 9.80. The van der Waals surface area contributed by atoms with Gasteiger partial charge in [-0.15, -0.1) is 0 Å². The summed E-state index contributed by atoms with van der Waals surface area (Å²) in [5, 5.41) is 13.2. The molecule has 1 aliphatic rings. The summed E-state index contributed by atoms with van der Waals surface area (Å²) in [4.78, 5) is 4.29. The van der Waals surface area contributed by atoms with Gasteiger partial charge in [-0.05, 0) is 38.5 Å². The fourth-order valence-electron chi connectivity index (χ4n) is 2.77. The minimum Gasteiger partial charge on any atom is -0.385 e. The predicted molar refractivity (Wildman–Crippen MR) is 69.2 cm³/mol. The highest BCUT2D eigenvalue weighted by molar-refractivity contribution is 4.97. The van der Waals surface area contributed by atoms with E-state index < -0.39 is 6.10 Å². The van der Waals surface area contributed by atoms with E-state index in [1.54, 1.807) is 6.92 Å². The van der Waals surface area contributed by atoms with Crippen molar-refractivity contribution in [3.8, 4) is 0 Å². The molecule has 1 fully saturated rings. The Morgan fingerprint density at radius 3 is 2.61 bits per heavy atom. The minimum atomic E-state index is -0.636. The van der Waals surface area contributed by atoms with Gasteiger partial charge >= 0.3 is 0 Å². The van der Waals surface area contributed by atoms with Crippen LogP contribution >= 0.6 is 0 Å². The van der Waals surface area contributed by atoms with Crippen molar-refractivity contribution in [3.63, 3.8) is 0 Å². The van der Waals surface area contributed by atoms with Crippen LogP contribution in [0.4, 0.5) is 0 Å². The van der Waals surface area contributed by atoms with Crippen LogP contribution in [0.25, 0.3) is 0 Å². The number of hydrogen-bond acceptors (Lipinski definition) is 4. The maximum Gasteiger partial charge on any atom is 0.229 e. The van der Waals surface area contributed by atoms with Gasteiger partial charge in [0.1, 0.15) is 6.10 Å². The van der Waals surface area contributed by atoms with E-state index in [0.29, 0.717) is 11.7 Å². The highest BCUT2D eigenvalue weighted by Crippen LogP contribution is 2.37. The second-order valence-corrected chi connectivity index (χ2v) is 5.53. The van der Waals surface area contributed by atoms with Crippen LogP contribution in [-0.4, -0.2) is 15.2 Å². The van der Waals surface area contributed by atoms with Crippen LogP contribution < -0.4 is 0 Å². The van der Waals surface area contributed by atoms with E-state index in [-0.39, 0.29) is 0 Å². The summed E-state index contributed by atoms with van der Waals surface area (Å²) in [6, 6.07) is 0. The van der Waals surface area contributed by atoms with E-state index in [9.17, 15) is 5.11 Å². The van der Waals surface area contributed by atoms with E-state index in [1.807, 2.05) is 0 Å². The zero-order valence-electron chi connectivity index (χ0n) is 11.4. The van der Waals surface area contributed by atoms with E-state index in [4.69, 9.17) is 4.52 Å². The molecule has 1 saturated carbocycles. The van der Waals surface area contributed by atoms with Crippen molar-refractivity contribution in [2.45, 2.75) is 70.8 Å². The van der Waals surface area contributed by atoms with Gasteiger partial charge in [0, 0.05) is 5.92 Å². The molecule has 1 atom stereocenters. The quantitative estimate of drug-likeness (QED) is 0.870. The molecule has 0 spiro atoms. The van der Waals surface area contributed by atoms with Crippen LogP contribution in [0.15, 0.2) is 4.52 Å². The van der Waals surface area contributed by atoms with Crippen molar-refractivity contribution in [2.75, 3.05) is 0 Å². The zero-order valence-corrected chi connectivity index (χ0v) is 11.4. The Kier molecular flexibility index (Phi) is 4.75. The molecule has 0 saturated heterocycles. The second kappa shape index (κ2) is 6.32. The minimum absolute atomic E-state index is 0.405. The Hall–Kier alpha value is -0.900. The number of nitrogens with zero attached hydrogens (tertiary/aromatic N) is 2. The van der Waals surface area contributed by atoms with Gasteiger partial charge in [-0.3, -0.25) is 0 Å². The normalized spacial score (nSPS) is 26.2. The summed E-state index contributed by atoms with van der Waals surface area (Å²) in [7, 11) is 0. The first-order valence-corrected chi connectivity index (χ1v) is 7.22. The number of aromatic nitrogens is 2. The average molecular weight is 252 g/mol. The Morgan fingerprint density at radius 1 is 1.33 bits per heavy atom. The fourth-order valence-corrected chi connectivity index (χ4v) is 2.77. The van der Waals surface area contributed by atoms with Crippen LogP contribution in [0.3, 0.4) is 0 Å². The van der Waals surface area contributed by atoms with E-state index in [0.717, 1.165) is 24.7 Å². The largest absolute Gasteiger partial charge is 0.385 e. The summed E-state index contributed by atoms with van der Waals surface area (Å²) in [5.74, 6) is 2.43. The fraction of sp³-hybridized carbons (Fsp3) is 0.857. The summed E-state index contributed by atoms with van der Waals surface area (Å²) in [6.07, 6.45) is 8.22. The van der Waals surface area contributed by atoms with Gasteiger partial charge in [-0.1, -0.05) is 31.3 Å². The molecular weight excluding hydrogens is 228 g/mol. The molecule has 0 aromatic carbocycles. The van der Waals surface area contributed by atoms with Crippen LogP contribution in [0.2, 0.25) is 0 Å². The van der Waals surface area contributed by atoms with Crippen molar-refractivity contribution in [3.05, 3.63) is 11.7 Å². The van der Waals surface area contributed by atoms with Gasteiger partial charge in [0.2, 0.25) is 5.89 Å². The average Bonchev–Trinajstić information content (AvgIpc) is 2.87. The Morgan fingerprint density at radius 2 is 2.06 bits per heavy atom. The van der Waals surface area contributed by atoms with Crippen molar-refractivity contribution in [1.29, 1.82) is 0 Å². The number of hydrogen-bond donors (Lipinski definition) is 1. The molecule has 4 nitrogen and oxygen atoms in total. The van der Waals surface area contributed by atoms with Gasteiger partial charge in [0.25, 0.3) is 0 Å². The van der Waals surface area contributed by atoms with Crippen molar-refractivity contribution in [2.24, 2.45) is 5.92 Å². The lowest BCUT2D eigenvalue weighted by molar-refractivity contribution is 0.183. The SMILES string of the molecule is CCCCC1CCC(c2nc(C(C)O)no2)CC1. The molecule has 0 aliphatic heterocycles. The maximum absolute atomic E-state index is 9.39. The van der Waals surface area contributed by atoms with E-state index >= 15 is 0 Å². The number of aliphatic hydroxyl groups excluding tert-OH is 1.